The average Bonchev–Trinajstić information content (AvgIpc) is 2.42. The number of unbranched alkanes of at least 4 members (excludes halogenated alkanes) is 8. The van der Waals surface area contributed by atoms with Crippen LogP contribution in [0, 0.1) is 0 Å². The van der Waals surface area contributed by atoms with Gasteiger partial charge in [0.1, 0.15) is 0 Å². The van der Waals surface area contributed by atoms with E-state index in [2.05, 4.69) is 6.92 Å². The molecule has 118 valence electrons. The zero-order chi connectivity index (χ0) is 13.7. The Morgan fingerprint density at radius 2 is 1.00 bits per heavy atom. The van der Waals surface area contributed by atoms with Crippen LogP contribution in [0.15, 0.2) is 0 Å². The Kier molecular flexibility index (Phi) is 17.2. The zero-order valence-electron chi connectivity index (χ0n) is 13.2. The van der Waals surface area contributed by atoms with E-state index in [-0.39, 0.29) is 17.0 Å². The Balaban J connectivity index is 0. The van der Waals surface area contributed by atoms with Gasteiger partial charge in [0.2, 0.25) is 0 Å². The van der Waals surface area contributed by atoms with Crippen LogP contribution < -0.4 is 0 Å². The highest BCUT2D eigenvalue weighted by atomic mass is 79.9. The van der Waals surface area contributed by atoms with Crippen molar-refractivity contribution in [2.45, 2.75) is 70.8 Å². The zero-order valence-corrected chi connectivity index (χ0v) is 15.9. The van der Waals surface area contributed by atoms with E-state index in [1.54, 1.807) is 21.3 Å². The van der Waals surface area contributed by atoms with Crippen LogP contribution in [0.3, 0.4) is 0 Å². The van der Waals surface area contributed by atoms with Crippen LogP contribution in [0.25, 0.3) is 0 Å². The minimum absolute atomic E-state index is 0. The molecule has 0 spiro atoms. The molecular weight excluding hydrogens is 324 g/mol. The van der Waals surface area contributed by atoms with Crippen molar-refractivity contribution in [2.24, 2.45) is 0 Å². The summed E-state index contributed by atoms with van der Waals surface area (Å²) in [7, 11) is 2.76. The second kappa shape index (κ2) is 15.0. The van der Waals surface area contributed by atoms with Gasteiger partial charge in [-0.3, -0.25) is 0 Å². The van der Waals surface area contributed by atoms with E-state index in [1.165, 1.54) is 51.4 Å². The summed E-state index contributed by atoms with van der Waals surface area (Å²) in [6.07, 6.45) is 12.0. The molecule has 0 fully saturated rings. The standard InChI is InChI=1S/C14H32O3Si.BrH/c1-5-6-7-8-9-10-11-12-13-14-18(15-2,16-3)17-4;/h5-14H2,1-4H3;1H. The second-order valence-electron chi connectivity index (χ2n) is 4.87. The molecule has 0 N–H and O–H groups in total. The molecule has 5 heteroatoms. The van der Waals surface area contributed by atoms with Crippen LogP contribution in [0.5, 0.6) is 0 Å². The van der Waals surface area contributed by atoms with Crippen LogP contribution in [-0.2, 0) is 13.3 Å². The number of halogens is 1. The maximum Gasteiger partial charge on any atom is 0.500 e. The molecule has 0 aromatic carbocycles. The fourth-order valence-electron chi connectivity index (χ4n) is 2.21. The fourth-order valence-corrected chi connectivity index (χ4v) is 4.00. The van der Waals surface area contributed by atoms with E-state index >= 15 is 0 Å². The third kappa shape index (κ3) is 11.0. The van der Waals surface area contributed by atoms with Crippen molar-refractivity contribution in [2.75, 3.05) is 21.3 Å². The summed E-state index contributed by atoms with van der Waals surface area (Å²) in [5, 5.41) is 0. The maximum atomic E-state index is 5.40. The van der Waals surface area contributed by atoms with Crippen molar-refractivity contribution in [1.82, 2.24) is 0 Å². The van der Waals surface area contributed by atoms with Crippen molar-refractivity contribution < 1.29 is 13.3 Å². The van der Waals surface area contributed by atoms with Crippen LogP contribution in [0.2, 0.25) is 6.04 Å². The minimum Gasteiger partial charge on any atom is -0.377 e. The topological polar surface area (TPSA) is 27.7 Å². The first-order valence-corrected chi connectivity index (χ1v) is 9.33. The molecule has 0 aromatic heterocycles. The quantitative estimate of drug-likeness (QED) is 0.344. The van der Waals surface area contributed by atoms with Gasteiger partial charge >= 0.3 is 8.80 Å². The molecule has 0 amide bonds. The summed E-state index contributed by atoms with van der Waals surface area (Å²) in [4.78, 5) is 0. The monoisotopic (exact) mass is 356 g/mol. The van der Waals surface area contributed by atoms with Gasteiger partial charge in [0.15, 0.2) is 0 Å². The number of rotatable bonds is 13. The predicted molar refractivity (Wildman–Crippen MR) is 89.1 cm³/mol. The Bertz CT molecular complexity index is 170. The smallest absolute Gasteiger partial charge is 0.377 e. The molecule has 0 saturated carbocycles. The molecule has 0 radical (unpaired) electrons. The van der Waals surface area contributed by atoms with Gasteiger partial charge in [-0.25, -0.2) is 0 Å². The number of hydrogen-bond donors (Lipinski definition) is 0. The SMILES string of the molecule is Br.CCCCCCCCCCC[Si](OC)(OC)OC. The van der Waals surface area contributed by atoms with Gasteiger partial charge in [0.05, 0.1) is 0 Å². The van der Waals surface area contributed by atoms with Crippen molar-refractivity contribution in [1.29, 1.82) is 0 Å². The Morgan fingerprint density at radius 1 is 0.632 bits per heavy atom. The van der Waals surface area contributed by atoms with Crippen LogP contribution in [-0.4, -0.2) is 30.1 Å². The lowest BCUT2D eigenvalue weighted by Gasteiger charge is -2.24. The van der Waals surface area contributed by atoms with E-state index in [4.69, 9.17) is 13.3 Å². The number of hydrogen-bond acceptors (Lipinski definition) is 3. The van der Waals surface area contributed by atoms with Crippen LogP contribution >= 0.6 is 17.0 Å². The summed E-state index contributed by atoms with van der Waals surface area (Å²) in [5.74, 6) is 0. The molecule has 0 heterocycles. The lowest BCUT2D eigenvalue weighted by atomic mass is 10.1. The Hall–Kier alpha value is 0.577. The molecule has 19 heavy (non-hydrogen) atoms. The maximum absolute atomic E-state index is 5.40. The van der Waals surface area contributed by atoms with Crippen molar-refractivity contribution in [3.63, 3.8) is 0 Å². The molecular formula is C14H33BrO3Si. The molecule has 0 unspecified atom stereocenters. The van der Waals surface area contributed by atoms with Gasteiger partial charge in [-0.15, -0.1) is 17.0 Å². The fraction of sp³-hybridized carbons (Fsp3) is 1.00. The normalized spacial score (nSPS) is 11.4. The molecule has 0 bridgehead atoms. The van der Waals surface area contributed by atoms with Gasteiger partial charge in [-0.2, -0.15) is 0 Å². The first kappa shape index (κ1) is 21.9. The van der Waals surface area contributed by atoms with Crippen LogP contribution in [0.4, 0.5) is 0 Å². The molecule has 0 aliphatic heterocycles. The summed E-state index contributed by atoms with van der Waals surface area (Å²) >= 11 is 0. The van der Waals surface area contributed by atoms with E-state index in [0.717, 1.165) is 12.5 Å². The van der Waals surface area contributed by atoms with Gasteiger partial charge in [0, 0.05) is 27.4 Å². The van der Waals surface area contributed by atoms with Gasteiger partial charge < -0.3 is 13.3 Å². The van der Waals surface area contributed by atoms with Crippen molar-refractivity contribution in [3.8, 4) is 0 Å². The van der Waals surface area contributed by atoms with E-state index in [0.29, 0.717) is 0 Å². The van der Waals surface area contributed by atoms with Crippen LogP contribution in [0.1, 0.15) is 64.7 Å². The molecule has 0 aliphatic rings. The highest BCUT2D eigenvalue weighted by Gasteiger charge is 2.36. The minimum atomic E-state index is -2.30. The molecule has 0 rings (SSSR count). The Labute approximate surface area is 131 Å². The lowest BCUT2D eigenvalue weighted by Crippen LogP contribution is -2.42. The summed E-state index contributed by atoms with van der Waals surface area (Å²) in [6, 6.07) is 0.937. The highest BCUT2D eigenvalue weighted by Crippen LogP contribution is 2.18. The van der Waals surface area contributed by atoms with Crippen molar-refractivity contribution in [3.05, 3.63) is 0 Å². The van der Waals surface area contributed by atoms with E-state index < -0.39 is 8.80 Å². The third-order valence-corrected chi connectivity index (χ3v) is 6.35. The summed E-state index contributed by atoms with van der Waals surface area (Å²) in [5.41, 5.74) is 0. The molecule has 0 aromatic rings. The van der Waals surface area contributed by atoms with E-state index in [1.807, 2.05) is 0 Å². The first-order chi connectivity index (χ1) is 8.74. The van der Waals surface area contributed by atoms with Gasteiger partial charge in [-0.1, -0.05) is 58.3 Å². The molecule has 0 saturated heterocycles. The Morgan fingerprint density at radius 3 is 1.37 bits per heavy atom. The molecule has 0 aliphatic carbocycles. The van der Waals surface area contributed by atoms with E-state index in [9.17, 15) is 0 Å². The second-order valence-corrected chi connectivity index (χ2v) is 7.96. The highest BCUT2D eigenvalue weighted by molar-refractivity contribution is 8.93. The van der Waals surface area contributed by atoms with Gasteiger partial charge in [-0.05, 0) is 6.42 Å². The molecule has 0 atom stereocenters. The van der Waals surface area contributed by atoms with Gasteiger partial charge in [0.25, 0.3) is 0 Å². The van der Waals surface area contributed by atoms with Crippen molar-refractivity contribution >= 4 is 25.8 Å². The summed E-state index contributed by atoms with van der Waals surface area (Å²) < 4.78 is 16.2. The first-order valence-electron chi connectivity index (χ1n) is 7.40. The predicted octanol–water partition coefficient (Wildman–Crippen LogP) is 4.97. The summed E-state index contributed by atoms with van der Waals surface area (Å²) in [6.45, 7) is 2.26. The lowest BCUT2D eigenvalue weighted by molar-refractivity contribution is 0.122. The largest absolute Gasteiger partial charge is 0.500 e. The average molecular weight is 357 g/mol. The molecule has 3 nitrogen and oxygen atoms in total. The third-order valence-electron chi connectivity index (χ3n) is 3.52.